The molecule has 0 aromatic carbocycles. The Labute approximate surface area is 518 Å². The molecule has 2 saturated heterocycles. The Bertz CT molecular complexity index is 2100. The molecule has 2 fully saturated rings. The Kier molecular flexibility index (Phi) is 49.1. The first-order valence-electron chi connectivity index (χ1n) is 32.4. The van der Waals surface area contributed by atoms with Crippen molar-refractivity contribution in [2.24, 2.45) is 0 Å². The fourth-order valence-corrected chi connectivity index (χ4v) is 9.21. The van der Waals surface area contributed by atoms with Crippen molar-refractivity contribution in [3.05, 3.63) is 170 Å². The van der Waals surface area contributed by atoms with Crippen LogP contribution >= 0.6 is 0 Å². The average Bonchev–Trinajstić information content (AvgIpc) is 1.83. The number of ether oxygens (including phenoxy) is 4. The molecule has 14 heteroatoms. The number of carbonyl (C=O) groups is 1. The molecule has 1 amide bonds. The van der Waals surface area contributed by atoms with E-state index in [-0.39, 0.29) is 18.9 Å². The summed E-state index contributed by atoms with van der Waals surface area (Å²) in [5.41, 5.74) is 0. The van der Waals surface area contributed by atoms with Crippen LogP contribution in [-0.2, 0) is 23.7 Å². The summed E-state index contributed by atoms with van der Waals surface area (Å²) in [7, 11) is 0. The molecule has 0 aliphatic carbocycles. The average molecular weight is 1200 g/mol. The van der Waals surface area contributed by atoms with E-state index < -0.39 is 86.8 Å². The van der Waals surface area contributed by atoms with Gasteiger partial charge in [0.1, 0.15) is 48.8 Å². The molecule has 2 rings (SSSR count). The molecule has 12 unspecified atom stereocenters. The summed E-state index contributed by atoms with van der Waals surface area (Å²) >= 11 is 0. The maximum Gasteiger partial charge on any atom is 0.220 e. The Balaban J connectivity index is 1.71. The van der Waals surface area contributed by atoms with Gasteiger partial charge in [-0.2, -0.15) is 0 Å². The first-order valence-corrected chi connectivity index (χ1v) is 32.4. The van der Waals surface area contributed by atoms with Crippen molar-refractivity contribution in [2.45, 2.75) is 254 Å². The Morgan fingerprint density at radius 1 is 0.430 bits per heavy atom. The minimum Gasteiger partial charge on any atom is -0.394 e. The molecule has 0 bridgehead atoms. The number of amides is 1. The molecule has 2 aliphatic heterocycles. The highest BCUT2D eigenvalue weighted by Crippen LogP contribution is 2.30. The van der Waals surface area contributed by atoms with Gasteiger partial charge in [-0.3, -0.25) is 4.79 Å². The highest BCUT2D eigenvalue weighted by molar-refractivity contribution is 5.76. The Morgan fingerprint density at radius 2 is 0.814 bits per heavy atom. The van der Waals surface area contributed by atoms with Crippen LogP contribution < -0.4 is 5.32 Å². The number of allylic oxidation sites excluding steroid dienone is 27. The zero-order chi connectivity index (χ0) is 62.3. The lowest BCUT2D eigenvalue weighted by Gasteiger charge is -2.46. The van der Waals surface area contributed by atoms with Crippen molar-refractivity contribution >= 4 is 5.91 Å². The number of hydrogen-bond donors (Lipinski definition) is 9. The number of aliphatic hydroxyl groups is 8. The molecule has 14 nitrogen and oxygen atoms in total. The normalized spacial score (nSPS) is 24.6. The lowest BCUT2D eigenvalue weighted by atomic mass is 9.97. The van der Waals surface area contributed by atoms with Crippen molar-refractivity contribution in [1.82, 2.24) is 5.32 Å². The minimum absolute atomic E-state index is 0.217. The second kappa shape index (κ2) is 54.5. The Morgan fingerprint density at radius 3 is 1.27 bits per heavy atom. The summed E-state index contributed by atoms with van der Waals surface area (Å²) in [6.45, 7) is 2.59. The standard InChI is InChI=1S/C72H113NO13/c1-3-5-7-9-11-13-15-17-19-20-21-22-23-24-25-26-27-28-29-30-31-32-33-34-35-36-37-38-39-40-42-44-46-48-50-52-54-56-64(77)73-60(61(76)55-53-51-49-47-45-43-41-18-16-14-12-10-8-6-4-2)59-83-71-69(82)67(80)70(63(58-75)85-71)86-72-68(81)66(79)65(78)62(57-74)84-72/h5,7,11,13,16-19,21-22,24-25,27-28,30-31,33-34,36-37,39-40,44-47,53,55,60-63,65-72,74-76,78-82H,3-4,6,8-10,12,14-15,20,23,26,29,32,35,38,41-43,48-52,54,56-59H2,1-2H3,(H,73,77)/b7-5-,13-11-,18-16+,19-17-,22-21-,25-24-,28-27-,31-30-,34-33-,37-36-,40-39-,46-44-,47-45+,55-53+. The molecular weight excluding hydrogens is 1090 g/mol. The van der Waals surface area contributed by atoms with Crippen molar-refractivity contribution in [1.29, 1.82) is 0 Å². The van der Waals surface area contributed by atoms with Gasteiger partial charge in [0.05, 0.1) is 32.0 Å². The van der Waals surface area contributed by atoms with E-state index in [1.807, 2.05) is 6.08 Å². The molecule has 2 heterocycles. The number of aliphatic hydroxyl groups excluding tert-OH is 8. The van der Waals surface area contributed by atoms with E-state index in [0.717, 1.165) is 116 Å². The van der Waals surface area contributed by atoms with Gasteiger partial charge in [0.25, 0.3) is 0 Å². The lowest BCUT2D eigenvalue weighted by molar-refractivity contribution is -0.359. The number of unbranched alkanes of at least 4 members (excludes halogenated alkanes) is 10. The zero-order valence-corrected chi connectivity index (χ0v) is 52.2. The lowest BCUT2D eigenvalue weighted by Crippen LogP contribution is -2.65. The predicted molar refractivity (Wildman–Crippen MR) is 350 cm³/mol. The SMILES string of the molecule is CC/C=C\C/C=C\C/C=C\C/C=C\C/C=C\C/C=C\C/C=C\C/C=C\C/C=C\C/C=C\C/C=C\CCCCCC(=O)NC(COC1OC(CO)C(OC2OC(CO)C(O)C(O)C2O)C(O)C1O)C(O)/C=C/CC/C=C/CC/C=C/CCCCCCC. The first-order chi connectivity index (χ1) is 42.1. The largest absolute Gasteiger partial charge is 0.394 e. The van der Waals surface area contributed by atoms with Crippen LogP contribution in [0.5, 0.6) is 0 Å². The second-order valence-corrected chi connectivity index (χ2v) is 21.8. The van der Waals surface area contributed by atoms with Gasteiger partial charge in [-0.05, 0) is 128 Å². The van der Waals surface area contributed by atoms with Gasteiger partial charge in [-0.1, -0.05) is 216 Å². The van der Waals surface area contributed by atoms with Crippen LogP contribution in [0.25, 0.3) is 0 Å². The third-order valence-corrected chi connectivity index (χ3v) is 14.4. The van der Waals surface area contributed by atoms with E-state index in [0.29, 0.717) is 12.8 Å². The number of nitrogens with one attached hydrogen (secondary N) is 1. The van der Waals surface area contributed by atoms with Gasteiger partial charge in [-0.25, -0.2) is 0 Å². The maximum absolute atomic E-state index is 13.3. The van der Waals surface area contributed by atoms with Crippen LogP contribution in [-0.4, -0.2) is 140 Å². The first kappa shape index (κ1) is 77.4. The molecule has 9 N–H and O–H groups in total. The van der Waals surface area contributed by atoms with Gasteiger partial charge < -0.3 is 65.1 Å². The summed E-state index contributed by atoms with van der Waals surface area (Å²) in [4.78, 5) is 13.3. The van der Waals surface area contributed by atoms with Gasteiger partial charge in [0, 0.05) is 6.42 Å². The highest BCUT2D eigenvalue weighted by atomic mass is 16.7. The fourth-order valence-electron chi connectivity index (χ4n) is 9.21. The van der Waals surface area contributed by atoms with Crippen LogP contribution in [0.4, 0.5) is 0 Å². The van der Waals surface area contributed by atoms with Crippen LogP contribution in [0.15, 0.2) is 170 Å². The van der Waals surface area contributed by atoms with Crippen LogP contribution in [0.1, 0.15) is 181 Å². The quantitative estimate of drug-likeness (QED) is 0.0204. The highest BCUT2D eigenvalue weighted by Gasteiger charge is 2.51. The minimum atomic E-state index is -1.80. The number of hydrogen-bond acceptors (Lipinski definition) is 13. The van der Waals surface area contributed by atoms with Crippen molar-refractivity contribution in [3.63, 3.8) is 0 Å². The molecule has 12 atom stereocenters. The summed E-state index contributed by atoms with van der Waals surface area (Å²) in [6.07, 6.45) is 68.3. The smallest absolute Gasteiger partial charge is 0.220 e. The molecule has 0 aromatic rings. The number of carbonyl (C=O) groups excluding carboxylic acids is 1. The monoisotopic (exact) mass is 1200 g/mol. The van der Waals surface area contributed by atoms with E-state index in [9.17, 15) is 45.6 Å². The fraction of sp³-hybridized carbons (Fsp3) is 0.597. The van der Waals surface area contributed by atoms with E-state index in [1.165, 1.54) is 32.1 Å². The van der Waals surface area contributed by atoms with Gasteiger partial charge in [-0.15, -0.1) is 0 Å². The topological polar surface area (TPSA) is 228 Å². The summed E-state index contributed by atoms with van der Waals surface area (Å²) in [6, 6.07) is -0.969. The van der Waals surface area contributed by atoms with Gasteiger partial charge in [0.15, 0.2) is 12.6 Å². The van der Waals surface area contributed by atoms with E-state index in [2.05, 4.69) is 177 Å². The molecule has 0 aromatic heterocycles. The van der Waals surface area contributed by atoms with E-state index in [1.54, 1.807) is 6.08 Å². The van der Waals surface area contributed by atoms with Gasteiger partial charge in [0.2, 0.25) is 5.91 Å². The number of rotatable bonds is 49. The van der Waals surface area contributed by atoms with Crippen molar-refractivity contribution < 1.29 is 64.6 Å². The maximum atomic E-state index is 13.3. The molecule has 86 heavy (non-hydrogen) atoms. The third kappa shape index (κ3) is 38.6. The second-order valence-electron chi connectivity index (χ2n) is 21.8. The van der Waals surface area contributed by atoms with Crippen molar-refractivity contribution in [2.75, 3.05) is 19.8 Å². The molecule has 2 aliphatic rings. The molecule has 0 radical (unpaired) electrons. The van der Waals surface area contributed by atoms with E-state index in [4.69, 9.17) is 18.9 Å². The molecular formula is C72H113NO13. The summed E-state index contributed by atoms with van der Waals surface area (Å²) < 4.78 is 22.7. The van der Waals surface area contributed by atoms with E-state index >= 15 is 0 Å². The predicted octanol–water partition coefficient (Wildman–Crippen LogP) is 12.4. The van der Waals surface area contributed by atoms with Gasteiger partial charge >= 0.3 is 0 Å². The van der Waals surface area contributed by atoms with Crippen LogP contribution in [0.2, 0.25) is 0 Å². The Hall–Kier alpha value is -4.65. The molecule has 484 valence electrons. The molecule has 0 saturated carbocycles. The third-order valence-electron chi connectivity index (χ3n) is 14.4. The molecule has 0 spiro atoms. The summed E-state index contributed by atoms with van der Waals surface area (Å²) in [5.74, 6) is -0.294. The summed E-state index contributed by atoms with van der Waals surface area (Å²) in [5, 5.41) is 87.1. The van der Waals surface area contributed by atoms with Crippen LogP contribution in [0.3, 0.4) is 0 Å². The zero-order valence-electron chi connectivity index (χ0n) is 52.2. The van der Waals surface area contributed by atoms with Crippen LogP contribution in [0, 0.1) is 0 Å². The van der Waals surface area contributed by atoms with Crippen molar-refractivity contribution in [3.8, 4) is 0 Å².